The number of hydrogen-bond donors (Lipinski definition) is 1. The summed E-state index contributed by atoms with van der Waals surface area (Å²) in [6.45, 7) is 4.18. The van der Waals surface area contributed by atoms with Crippen LogP contribution in [-0.2, 0) is 0 Å². The van der Waals surface area contributed by atoms with E-state index < -0.39 is 0 Å². The first-order valence-electron chi connectivity index (χ1n) is 7.15. The molecule has 1 aliphatic rings. The Bertz CT molecular complexity index is 623. The van der Waals surface area contributed by atoms with Crippen LogP contribution in [0.2, 0.25) is 0 Å². The predicted octanol–water partition coefficient (Wildman–Crippen LogP) is 3.64. The first-order valence-corrected chi connectivity index (χ1v) is 7.15. The van der Waals surface area contributed by atoms with E-state index in [1.165, 1.54) is 24.1 Å². The van der Waals surface area contributed by atoms with E-state index in [1.54, 1.807) is 0 Å². The minimum atomic E-state index is 0.637. The molecule has 1 fully saturated rings. The first kappa shape index (κ1) is 13.0. The van der Waals surface area contributed by atoms with Gasteiger partial charge in [-0.2, -0.15) is 0 Å². The lowest BCUT2D eigenvalue weighted by molar-refractivity contribution is 0.750. The fraction of sp³-hybridized carbons (Fsp3) is 0.438. The van der Waals surface area contributed by atoms with Crippen LogP contribution in [0.15, 0.2) is 24.4 Å². The molecule has 4 nitrogen and oxygen atoms in total. The van der Waals surface area contributed by atoms with Crippen molar-refractivity contribution in [2.24, 2.45) is 0 Å². The second kappa shape index (κ2) is 4.85. The van der Waals surface area contributed by atoms with Crippen molar-refractivity contribution in [3.05, 3.63) is 35.7 Å². The molecule has 0 bridgehead atoms. The third-order valence-corrected chi connectivity index (χ3v) is 3.74. The molecule has 0 saturated heterocycles. The molecule has 20 heavy (non-hydrogen) atoms. The molecule has 3 rings (SSSR count). The summed E-state index contributed by atoms with van der Waals surface area (Å²) in [6.07, 6.45) is 4.67. The van der Waals surface area contributed by atoms with Crippen LogP contribution in [-0.4, -0.2) is 23.6 Å². The van der Waals surface area contributed by atoms with Crippen molar-refractivity contribution in [2.45, 2.75) is 32.7 Å². The summed E-state index contributed by atoms with van der Waals surface area (Å²) in [7, 11) is 4.14. The van der Waals surface area contributed by atoms with E-state index in [1.807, 2.05) is 6.92 Å². The van der Waals surface area contributed by atoms with Gasteiger partial charge in [0.05, 0.1) is 5.69 Å². The molecule has 0 amide bonds. The average Bonchev–Trinajstić information content (AvgIpc) is 3.16. The predicted molar refractivity (Wildman–Crippen MR) is 84.0 cm³/mol. The van der Waals surface area contributed by atoms with Gasteiger partial charge in [0, 0.05) is 37.7 Å². The highest BCUT2D eigenvalue weighted by Gasteiger charge is 2.26. The van der Waals surface area contributed by atoms with E-state index in [0.717, 1.165) is 17.3 Å². The van der Waals surface area contributed by atoms with Gasteiger partial charge < -0.3 is 14.8 Å². The van der Waals surface area contributed by atoms with Crippen LogP contribution in [0.3, 0.4) is 0 Å². The first-order chi connectivity index (χ1) is 9.54. The Kier molecular flexibility index (Phi) is 3.16. The van der Waals surface area contributed by atoms with Crippen LogP contribution >= 0.6 is 0 Å². The summed E-state index contributed by atoms with van der Waals surface area (Å²) in [5, 5.41) is 3.46. The highest BCUT2D eigenvalue weighted by molar-refractivity contribution is 5.65. The second-order valence-electron chi connectivity index (χ2n) is 5.87. The lowest BCUT2D eigenvalue weighted by atomic mass is 10.1. The SMILES string of the molecule is Cc1cn(C2CC2)c(Nc2ccc(C)c(N(C)C)c2)n1. The molecule has 2 aromatic rings. The largest absolute Gasteiger partial charge is 0.377 e. The Labute approximate surface area is 120 Å². The number of nitrogens with one attached hydrogen (secondary N) is 1. The molecule has 106 valence electrons. The zero-order valence-corrected chi connectivity index (χ0v) is 12.6. The molecule has 1 heterocycles. The van der Waals surface area contributed by atoms with Gasteiger partial charge in [0.15, 0.2) is 0 Å². The van der Waals surface area contributed by atoms with E-state index in [-0.39, 0.29) is 0 Å². The minimum Gasteiger partial charge on any atom is -0.377 e. The van der Waals surface area contributed by atoms with Crippen molar-refractivity contribution >= 4 is 17.3 Å². The fourth-order valence-corrected chi connectivity index (χ4v) is 2.54. The Morgan fingerprint density at radius 2 is 2.00 bits per heavy atom. The van der Waals surface area contributed by atoms with Gasteiger partial charge in [-0.05, 0) is 44.4 Å². The Morgan fingerprint density at radius 3 is 2.65 bits per heavy atom. The number of nitrogens with zero attached hydrogens (tertiary/aromatic N) is 3. The van der Waals surface area contributed by atoms with E-state index in [0.29, 0.717) is 6.04 Å². The van der Waals surface area contributed by atoms with E-state index >= 15 is 0 Å². The second-order valence-corrected chi connectivity index (χ2v) is 5.87. The van der Waals surface area contributed by atoms with Crippen molar-refractivity contribution in [3.8, 4) is 0 Å². The standard InChI is InChI=1S/C16H22N4/c1-11-5-6-13(9-15(11)19(3)4)18-16-17-12(2)10-20(16)14-7-8-14/h5-6,9-10,14H,7-8H2,1-4H3,(H,17,18). The van der Waals surface area contributed by atoms with Gasteiger partial charge in [0.25, 0.3) is 0 Å². The molecule has 0 spiro atoms. The number of benzene rings is 1. The van der Waals surface area contributed by atoms with E-state index in [4.69, 9.17) is 0 Å². The van der Waals surface area contributed by atoms with Gasteiger partial charge in [-0.15, -0.1) is 0 Å². The lowest BCUT2D eigenvalue weighted by Crippen LogP contribution is -2.10. The molecule has 1 aromatic carbocycles. The Hall–Kier alpha value is -1.97. The fourth-order valence-electron chi connectivity index (χ4n) is 2.54. The number of anilines is 3. The van der Waals surface area contributed by atoms with Crippen LogP contribution in [0.4, 0.5) is 17.3 Å². The Balaban J connectivity index is 1.89. The number of rotatable bonds is 4. The van der Waals surface area contributed by atoms with E-state index in [9.17, 15) is 0 Å². The molecule has 0 aliphatic heterocycles. The number of aryl methyl sites for hydroxylation is 2. The number of aromatic nitrogens is 2. The molecule has 1 aromatic heterocycles. The molecule has 1 aliphatic carbocycles. The maximum absolute atomic E-state index is 4.60. The van der Waals surface area contributed by atoms with Gasteiger partial charge in [-0.3, -0.25) is 0 Å². The third-order valence-electron chi connectivity index (χ3n) is 3.74. The quantitative estimate of drug-likeness (QED) is 0.920. The summed E-state index contributed by atoms with van der Waals surface area (Å²) >= 11 is 0. The van der Waals surface area contributed by atoms with Crippen molar-refractivity contribution in [2.75, 3.05) is 24.3 Å². The zero-order valence-electron chi connectivity index (χ0n) is 12.6. The third kappa shape index (κ3) is 2.50. The van der Waals surface area contributed by atoms with Crippen LogP contribution in [0.5, 0.6) is 0 Å². The topological polar surface area (TPSA) is 33.1 Å². The van der Waals surface area contributed by atoms with Crippen molar-refractivity contribution in [3.63, 3.8) is 0 Å². The maximum atomic E-state index is 4.60. The maximum Gasteiger partial charge on any atom is 0.207 e. The molecule has 0 radical (unpaired) electrons. The normalized spacial score (nSPS) is 14.4. The van der Waals surface area contributed by atoms with Crippen LogP contribution < -0.4 is 10.2 Å². The molecular weight excluding hydrogens is 248 g/mol. The van der Waals surface area contributed by atoms with Crippen molar-refractivity contribution in [1.82, 2.24) is 9.55 Å². The minimum absolute atomic E-state index is 0.637. The van der Waals surface area contributed by atoms with Crippen LogP contribution in [0.25, 0.3) is 0 Å². The van der Waals surface area contributed by atoms with Crippen LogP contribution in [0, 0.1) is 13.8 Å². The summed E-state index contributed by atoms with van der Waals surface area (Å²) < 4.78 is 2.27. The molecule has 0 unspecified atom stereocenters. The summed E-state index contributed by atoms with van der Waals surface area (Å²) in [5.41, 5.74) is 4.67. The van der Waals surface area contributed by atoms with Gasteiger partial charge in [0.2, 0.25) is 5.95 Å². The highest BCUT2D eigenvalue weighted by Crippen LogP contribution is 2.38. The molecule has 1 saturated carbocycles. The summed E-state index contributed by atoms with van der Waals surface area (Å²) in [6, 6.07) is 7.08. The zero-order chi connectivity index (χ0) is 14.3. The van der Waals surface area contributed by atoms with Crippen molar-refractivity contribution < 1.29 is 0 Å². The lowest BCUT2D eigenvalue weighted by Gasteiger charge is -2.17. The summed E-state index contributed by atoms with van der Waals surface area (Å²) in [5.74, 6) is 0.957. The smallest absolute Gasteiger partial charge is 0.207 e. The van der Waals surface area contributed by atoms with Crippen molar-refractivity contribution in [1.29, 1.82) is 0 Å². The highest BCUT2D eigenvalue weighted by atomic mass is 15.2. The monoisotopic (exact) mass is 270 g/mol. The Morgan fingerprint density at radius 1 is 1.25 bits per heavy atom. The molecule has 0 atom stereocenters. The molecule has 1 N–H and O–H groups in total. The van der Waals surface area contributed by atoms with E-state index in [2.05, 4.69) is 65.2 Å². The van der Waals surface area contributed by atoms with Gasteiger partial charge >= 0.3 is 0 Å². The number of hydrogen-bond acceptors (Lipinski definition) is 3. The van der Waals surface area contributed by atoms with Crippen LogP contribution in [0.1, 0.15) is 30.1 Å². The molecule has 4 heteroatoms. The number of imidazole rings is 1. The van der Waals surface area contributed by atoms with Gasteiger partial charge in [0.1, 0.15) is 0 Å². The molecular formula is C16H22N4. The van der Waals surface area contributed by atoms with Gasteiger partial charge in [-0.25, -0.2) is 4.98 Å². The average molecular weight is 270 g/mol. The summed E-state index contributed by atoms with van der Waals surface area (Å²) in [4.78, 5) is 6.74. The van der Waals surface area contributed by atoms with Gasteiger partial charge in [-0.1, -0.05) is 6.07 Å².